The van der Waals surface area contributed by atoms with Gasteiger partial charge < -0.3 is 9.80 Å². The van der Waals surface area contributed by atoms with Gasteiger partial charge in [0.2, 0.25) is 11.8 Å². The van der Waals surface area contributed by atoms with Gasteiger partial charge in [0.05, 0.1) is 11.4 Å². The van der Waals surface area contributed by atoms with E-state index in [9.17, 15) is 9.59 Å². The Labute approximate surface area is 211 Å². The number of aromatic nitrogens is 1. The molecule has 0 radical (unpaired) electrons. The van der Waals surface area contributed by atoms with Crippen LogP contribution in [0.5, 0.6) is 0 Å². The van der Waals surface area contributed by atoms with Crippen LogP contribution in [0.25, 0.3) is 33.6 Å². The lowest BCUT2D eigenvalue weighted by molar-refractivity contribution is -0.117. The van der Waals surface area contributed by atoms with Crippen molar-refractivity contribution in [1.82, 2.24) is 4.98 Å². The summed E-state index contributed by atoms with van der Waals surface area (Å²) in [5, 5.41) is 0. The quantitative estimate of drug-likeness (QED) is 0.340. The Morgan fingerprint density at radius 1 is 0.528 bits per heavy atom. The molecule has 5 heteroatoms. The van der Waals surface area contributed by atoms with Crippen molar-refractivity contribution >= 4 is 23.2 Å². The van der Waals surface area contributed by atoms with Crippen LogP contribution in [-0.2, 0) is 9.59 Å². The topological polar surface area (TPSA) is 53.5 Å². The molecule has 3 aromatic carbocycles. The van der Waals surface area contributed by atoms with E-state index in [0.29, 0.717) is 25.9 Å². The van der Waals surface area contributed by atoms with Crippen molar-refractivity contribution in [3.63, 3.8) is 0 Å². The highest BCUT2D eigenvalue weighted by Crippen LogP contribution is 2.37. The molecule has 5 nitrogen and oxygen atoms in total. The number of carbonyl (C=O) groups excluding carboxylic acids is 2. The zero-order valence-corrected chi connectivity index (χ0v) is 20.1. The van der Waals surface area contributed by atoms with Crippen molar-refractivity contribution in [3.05, 3.63) is 91.0 Å². The van der Waals surface area contributed by atoms with Gasteiger partial charge in [0.25, 0.3) is 0 Å². The van der Waals surface area contributed by atoms with Crippen molar-refractivity contribution in [2.24, 2.45) is 0 Å². The van der Waals surface area contributed by atoms with Crippen LogP contribution >= 0.6 is 0 Å². The molecule has 2 amide bonds. The van der Waals surface area contributed by atoms with Crippen LogP contribution in [0.15, 0.2) is 91.0 Å². The Bertz CT molecular complexity index is 1330. The average molecular weight is 474 g/mol. The standard InChI is InChI=1S/C31H27N3O2/c35-30-13-7-15-33(30)26-17-24(18-27(21-26)34-16-8-14-31(34)36)25-19-28(22-9-3-1-4-10-22)32-29(20-25)23-11-5-2-6-12-23/h1-6,9-12,17-21H,7-8,13-16H2. The molecule has 0 atom stereocenters. The van der Waals surface area contributed by atoms with Crippen molar-refractivity contribution in [2.45, 2.75) is 25.7 Å². The second kappa shape index (κ2) is 9.42. The maximum absolute atomic E-state index is 12.6. The van der Waals surface area contributed by atoms with Gasteiger partial charge >= 0.3 is 0 Å². The van der Waals surface area contributed by atoms with Gasteiger partial charge in [-0.25, -0.2) is 4.98 Å². The average Bonchev–Trinajstić information content (AvgIpc) is 3.57. The molecule has 2 saturated heterocycles. The van der Waals surface area contributed by atoms with E-state index >= 15 is 0 Å². The normalized spacial score (nSPS) is 15.7. The van der Waals surface area contributed by atoms with E-state index in [1.165, 1.54) is 0 Å². The lowest BCUT2D eigenvalue weighted by atomic mass is 9.98. The van der Waals surface area contributed by atoms with Gasteiger partial charge in [-0.05, 0) is 54.3 Å². The van der Waals surface area contributed by atoms with E-state index in [2.05, 4.69) is 48.5 Å². The molecule has 0 aliphatic carbocycles. The summed E-state index contributed by atoms with van der Waals surface area (Å²) in [4.78, 5) is 34.0. The van der Waals surface area contributed by atoms with Crippen LogP contribution in [-0.4, -0.2) is 29.9 Å². The molecule has 2 aliphatic rings. The Morgan fingerprint density at radius 3 is 1.39 bits per heavy atom. The molecule has 178 valence electrons. The fraction of sp³-hybridized carbons (Fsp3) is 0.194. The molecule has 0 bridgehead atoms. The van der Waals surface area contributed by atoms with Gasteiger partial charge in [0, 0.05) is 48.4 Å². The number of pyridine rings is 1. The first-order valence-corrected chi connectivity index (χ1v) is 12.5. The number of anilines is 2. The number of hydrogen-bond acceptors (Lipinski definition) is 3. The minimum absolute atomic E-state index is 0.135. The third-order valence-electron chi connectivity index (χ3n) is 6.97. The SMILES string of the molecule is O=C1CCCN1c1cc(-c2cc(-c3ccccc3)nc(-c3ccccc3)c2)cc(N2CCCC2=O)c1. The van der Waals surface area contributed by atoms with Gasteiger partial charge in [-0.1, -0.05) is 60.7 Å². The van der Waals surface area contributed by atoms with Crippen LogP contribution in [0.2, 0.25) is 0 Å². The fourth-order valence-electron chi connectivity index (χ4n) is 5.13. The lowest BCUT2D eigenvalue weighted by Crippen LogP contribution is -2.26. The first kappa shape index (κ1) is 22.2. The Hall–Kier alpha value is -4.25. The highest BCUT2D eigenvalue weighted by Gasteiger charge is 2.26. The third-order valence-corrected chi connectivity index (χ3v) is 6.97. The Kier molecular flexibility index (Phi) is 5.82. The molecule has 2 aliphatic heterocycles. The van der Waals surface area contributed by atoms with Crippen molar-refractivity contribution < 1.29 is 9.59 Å². The van der Waals surface area contributed by atoms with Crippen LogP contribution in [0.3, 0.4) is 0 Å². The van der Waals surface area contributed by atoms with Crippen molar-refractivity contribution in [1.29, 1.82) is 0 Å². The molecule has 36 heavy (non-hydrogen) atoms. The summed E-state index contributed by atoms with van der Waals surface area (Å²) in [6.07, 6.45) is 2.83. The summed E-state index contributed by atoms with van der Waals surface area (Å²) in [7, 11) is 0. The second-order valence-electron chi connectivity index (χ2n) is 9.39. The van der Waals surface area contributed by atoms with Gasteiger partial charge in [-0.15, -0.1) is 0 Å². The van der Waals surface area contributed by atoms with E-state index in [4.69, 9.17) is 4.98 Å². The number of amides is 2. The summed E-state index contributed by atoms with van der Waals surface area (Å²) in [5.74, 6) is 0.269. The van der Waals surface area contributed by atoms with E-state index in [1.54, 1.807) is 0 Å². The number of hydrogen-bond donors (Lipinski definition) is 0. The molecular weight excluding hydrogens is 446 g/mol. The monoisotopic (exact) mass is 473 g/mol. The number of carbonyl (C=O) groups is 2. The number of nitrogens with zero attached hydrogens (tertiary/aromatic N) is 3. The fourth-order valence-corrected chi connectivity index (χ4v) is 5.13. The maximum Gasteiger partial charge on any atom is 0.227 e. The highest BCUT2D eigenvalue weighted by molar-refractivity contribution is 6.00. The lowest BCUT2D eigenvalue weighted by Gasteiger charge is -2.23. The Morgan fingerprint density at radius 2 is 0.972 bits per heavy atom. The molecule has 0 saturated carbocycles. The molecular formula is C31H27N3O2. The molecule has 6 rings (SSSR count). The summed E-state index contributed by atoms with van der Waals surface area (Å²) in [6, 6.07) is 30.7. The largest absolute Gasteiger partial charge is 0.312 e. The van der Waals surface area contributed by atoms with Crippen LogP contribution in [0.4, 0.5) is 11.4 Å². The Balaban J connectivity index is 1.54. The minimum atomic E-state index is 0.135. The molecule has 0 unspecified atom stereocenters. The van der Waals surface area contributed by atoms with E-state index < -0.39 is 0 Å². The van der Waals surface area contributed by atoms with E-state index in [0.717, 1.165) is 57.9 Å². The first-order valence-electron chi connectivity index (χ1n) is 12.5. The summed E-state index contributed by atoms with van der Waals surface area (Å²) < 4.78 is 0. The minimum Gasteiger partial charge on any atom is -0.312 e. The molecule has 3 heterocycles. The first-order chi connectivity index (χ1) is 17.7. The van der Waals surface area contributed by atoms with E-state index in [-0.39, 0.29) is 11.8 Å². The maximum atomic E-state index is 12.6. The predicted molar refractivity (Wildman–Crippen MR) is 144 cm³/mol. The van der Waals surface area contributed by atoms with E-state index in [1.807, 2.05) is 52.3 Å². The molecule has 0 N–H and O–H groups in total. The molecule has 2 fully saturated rings. The molecule has 1 aromatic heterocycles. The second-order valence-corrected chi connectivity index (χ2v) is 9.39. The predicted octanol–water partition coefficient (Wildman–Crippen LogP) is 6.34. The summed E-state index contributed by atoms with van der Waals surface area (Å²) >= 11 is 0. The number of rotatable bonds is 5. The molecule has 0 spiro atoms. The zero-order chi connectivity index (χ0) is 24.5. The van der Waals surface area contributed by atoms with Gasteiger partial charge in [0.1, 0.15) is 0 Å². The highest BCUT2D eigenvalue weighted by atomic mass is 16.2. The van der Waals surface area contributed by atoms with Gasteiger partial charge in [-0.3, -0.25) is 9.59 Å². The smallest absolute Gasteiger partial charge is 0.227 e. The summed E-state index contributed by atoms with van der Waals surface area (Å²) in [6.45, 7) is 1.41. The van der Waals surface area contributed by atoms with Gasteiger partial charge in [-0.2, -0.15) is 0 Å². The zero-order valence-electron chi connectivity index (χ0n) is 20.1. The molecule has 4 aromatic rings. The van der Waals surface area contributed by atoms with Crippen LogP contribution in [0, 0.1) is 0 Å². The van der Waals surface area contributed by atoms with Crippen molar-refractivity contribution in [2.75, 3.05) is 22.9 Å². The van der Waals surface area contributed by atoms with Gasteiger partial charge in [0.15, 0.2) is 0 Å². The van der Waals surface area contributed by atoms with Crippen LogP contribution < -0.4 is 9.80 Å². The third kappa shape index (κ3) is 4.29. The number of benzene rings is 3. The summed E-state index contributed by atoms with van der Waals surface area (Å²) in [5.41, 5.74) is 7.52. The van der Waals surface area contributed by atoms with Crippen molar-refractivity contribution in [3.8, 4) is 33.6 Å². The van der Waals surface area contributed by atoms with Crippen LogP contribution in [0.1, 0.15) is 25.7 Å².